The van der Waals surface area contributed by atoms with Gasteiger partial charge < -0.3 is 5.32 Å². The van der Waals surface area contributed by atoms with E-state index in [0.29, 0.717) is 0 Å². The lowest BCUT2D eigenvalue weighted by atomic mass is 9.71. The highest BCUT2D eigenvalue weighted by Crippen LogP contribution is 2.47. The highest BCUT2D eigenvalue weighted by molar-refractivity contribution is 7.12. The van der Waals surface area contributed by atoms with E-state index in [4.69, 9.17) is 4.98 Å². The summed E-state index contributed by atoms with van der Waals surface area (Å²) in [6.45, 7) is 2.38. The van der Waals surface area contributed by atoms with Crippen LogP contribution in [-0.2, 0) is 18.4 Å². The van der Waals surface area contributed by atoms with Gasteiger partial charge in [-0.2, -0.15) is 0 Å². The summed E-state index contributed by atoms with van der Waals surface area (Å²) in [6.07, 6.45) is 13.4. The second-order valence-corrected chi connectivity index (χ2v) is 8.07. The van der Waals surface area contributed by atoms with Crippen molar-refractivity contribution in [2.24, 2.45) is 5.92 Å². The van der Waals surface area contributed by atoms with E-state index in [1.165, 1.54) is 74.9 Å². The van der Waals surface area contributed by atoms with E-state index in [9.17, 15) is 0 Å². The number of thiazole rings is 1. The molecule has 2 unspecified atom stereocenters. The minimum Gasteiger partial charge on any atom is -0.302 e. The Morgan fingerprint density at radius 2 is 2.10 bits per heavy atom. The molecule has 1 N–H and O–H groups in total. The number of aryl methyl sites for hydroxylation is 2. The molecule has 2 fully saturated rings. The Bertz CT molecular complexity index is 470. The first kappa shape index (κ1) is 13.3. The SMILES string of the molecule is CCC1CCCCC1(NC1CC1)c1nc2c(s1)CCC2. The zero-order chi connectivity index (χ0) is 13.6. The molecule has 1 aromatic rings. The number of nitrogens with zero attached hydrogens (tertiary/aromatic N) is 1. The minimum absolute atomic E-state index is 0.225. The molecule has 3 aliphatic rings. The van der Waals surface area contributed by atoms with Crippen LogP contribution in [0.5, 0.6) is 0 Å². The van der Waals surface area contributed by atoms with Gasteiger partial charge >= 0.3 is 0 Å². The fraction of sp³-hybridized carbons (Fsp3) is 0.824. The molecule has 1 aromatic heterocycles. The third-order valence-electron chi connectivity index (χ3n) is 5.58. The Balaban J connectivity index is 1.71. The molecule has 2 nitrogen and oxygen atoms in total. The van der Waals surface area contributed by atoms with Crippen molar-refractivity contribution in [1.29, 1.82) is 0 Å². The molecule has 0 aromatic carbocycles. The average Bonchev–Trinajstić information content (AvgIpc) is 3.00. The molecular formula is C17H26N2S. The van der Waals surface area contributed by atoms with Gasteiger partial charge in [-0.05, 0) is 50.9 Å². The standard InChI is InChI=1S/C17H26N2S/c1-2-12-6-3-4-11-17(12,19-13-9-10-13)16-18-14-7-5-8-15(14)20-16/h12-13,19H,2-11H2,1H3. The van der Waals surface area contributed by atoms with Gasteiger partial charge in [0.15, 0.2) is 0 Å². The maximum atomic E-state index is 5.12. The molecule has 3 aliphatic carbocycles. The van der Waals surface area contributed by atoms with E-state index in [1.807, 2.05) is 11.3 Å². The number of nitrogens with one attached hydrogen (secondary N) is 1. The first-order chi connectivity index (χ1) is 9.82. The molecule has 0 aliphatic heterocycles. The van der Waals surface area contributed by atoms with Gasteiger partial charge in [0.25, 0.3) is 0 Å². The lowest BCUT2D eigenvalue weighted by Crippen LogP contribution is -2.51. The lowest BCUT2D eigenvalue weighted by Gasteiger charge is -2.44. The molecule has 2 atom stereocenters. The zero-order valence-electron chi connectivity index (χ0n) is 12.6. The molecule has 1 heterocycles. The lowest BCUT2D eigenvalue weighted by molar-refractivity contribution is 0.132. The summed E-state index contributed by atoms with van der Waals surface area (Å²) in [5, 5.41) is 5.51. The molecule has 20 heavy (non-hydrogen) atoms. The van der Waals surface area contributed by atoms with Gasteiger partial charge in [-0.25, -0.2) is 4.98 Å². The summed E-state index contributed by atoms with van der Waals surface area (Å²) in [4.78, 5) is 6.72. The van der Waals surface area contributed by atoms with Gasteiger partial charge in [0, 0.05) is 10.9 Å². The Morgan fingerprint density at radius 1 is 1.20 bits per heavy atom. The molecule has 4 rings (SSSR count). The summed E-state index contributed by atoms with van der Waals surface area (Å²) in [5.41, 5.74) is 1.66. The summed E-state index contributed by atoms with van der Waals surface area (Å²) < 4.78 is 0. The molecule has 3 heteroatoms. The number of hydrogen-bond donors (Lipinski definition) is 1. The topological polar surface area (TPSA) is 24.9 Å². The van der Waals surface area contributed by atoms with Crippen LogP contribution in [0.3, 0.4) is 0 Å². The van der Waals surface area contributed by atoms with E-state index in [1.54, 1.807) is 4.88 Å². The van der Waals surface area contributed by atoms with Crippen molar-refractivity contribution in [1.82, 2.24) is 10.3 Å². The summed E-state index contributed by atoms with van der Waals surface area (Å²) in [7, 11) is 0. The van der Waals surface area contributed by atoms with Gasteiger partial charge in [0.1, 0.15) is 5.01 Å². The highest BCUT2D eigenvalue weighted by Gasteiger charge is 2.46. The van der Waals surface area contributed by atoms with Gasteiger partial charge in [-0.1, -0.05) is 26.2 Å². The summed E-state index contributed by atoms with van der Waals surface area (Å²) in [6, 6.07) is 0.779. The second kappa shape index (κ2) is 5.10. The molecular weight excluding hydrogens is 264 g/mol. The fourth-order valence-electron chi connectivity index (χ4n) is 4.30. The van der Waals surface area contributed by atoms with Gasteiger partial charge in [0.2, 0.25) is 0 Å². The predicted octanol–water partition coefficient (Wildman–Crippen LogP) is 4.18. The zero-order valence-corrected chi connectivity index (χ0v) is 13.4. The van der Waals surface area contributed by atoms with Gasteiger partial charge in [0.05, 0.1) is 11.2 Å². The first-order valence-electron chi connectivity index (χ1n) is 8.58. The Labute approximate surface area is 126 Å². The average molecular weight is 290 g/mol. The molecule has 0 amide bonds. The van der Waals surface area contributed by atoms with Crippen LogP contribution in [0.1, 0.15) is 73.9 Å². The van der Waals surface area contributed by atoms with Crippen LogP contribution in [0.4, 0.5) is 0 Å². The van der Waals surface area contributed by atoms with Gasteiger partial charge in [-0.3, -0.25) is 0 Å². The van der Waals surface area contributed by atoms with Crippen LogP contribution in [0.25, 0.3) is 0 Å². The largest absolute Gasteiger partial charge is 0.302 e. The van der Waals surface area contributed by atoms with Crippen molar-refractivity contribution in [2.45, 2.75) is 82.7 Å². The molecule has 110 valence electrons. The first-order valence-corrected chi connectivity index (χ1v) is 9.40. The van der Waals surface area contributed by atoms with Crippen molar-refractivity contribution >= 4 is 11.3 Å². The number of hydrogen-bond acceptors (Lipinski definition) is 3. The van der Waals surface area contributed by atoms with Crippen molar-refractivity contribution in [3.05, 3.63) is 15.6 Å². The third-order valence-corrected chi connectivity index (χ3v) is 6.91. The fourth-order valence-corrected chi connectivity index (χ4v) is 5.72. The molecule has 0 spiro atoms. The van der Waals surface area contributed by atoms with Crippen molar-refractivity contribution in [3.8, 4) is 0 Å². The van der Waals surface area contributed by atoms with Crippen LogP contribution >= 0.6 is 11.3 Å². The molecule has 0 bridgehead atoms. The predicted molar refractivity (Wildman–Crippen MR) is 84.2 cm³/mol. The quantitative estimate of drug-likeness (QED) is 0.900. The van der Waals surface area contributed by atoms with Crippen LogP contribution < -0.4 is 5.32 Å². The third kappa shape index (κ3) is 2.14. The van der Waals surface area contributed by atoms with E-state index in [2.05, 4.69) is 12.2 Å². The maximum absolute atomic E-state index is 5.12. The Morgan fingerprint density at radius 3 is 2.85 bits per heavy atom. The van der Waals surface area contributed by atoms with Crippen LogP contribution in [0.15, 0.2) is 0 Å². The van der Waals surface area contributed by atoms with E-state index < -0.39 is 0 Å². The monoisotopic (exact) mass is 290 g/mol. The van der Waals surface area contributed by atoms with Crippen LogP contribution in [0, 0.1) is 5.92 Å². The minimum atomic E-state index is 0.225. The Kier molecular flexibility index (Phi) is 3.38. The number of aromatic nitrogens is 1. The number of rotatable bonds is 4. The van der Waals surface area contributed by atoms with E-state index in [0.717, 1.165) is 12.0 Å². The van der Waals surface area contributed by atoms with Crippen molar-refractivity contribution < 1.29 is 0 Å². The Hall–Kier alpha value is -0.410. The van der Waals surface area contributed by atoms with Crippen LogP contribution in [0.2, 0.25) is 0 Å². The van der Waals surface area contributed by atoms with Gasteiger partial charge in [-0.15, -0.1) is 11.3 Å². The smallest absolute Gasteiger partial charge is 0.114 e. The van der Waals surface area contributed by atoms with E-state index >= 15 is 0 Å². The number of fused-ring (bicyclic) bond motifs is 1. The van der Waals surface area contributed by atoms with Crippen molar-refractivity contribution in [2.75, 3.05) is 0 Å². The molecule has 2 saturated carbocycles. The molecule has 0 radical (unpaired) electrons. The van der Waals surface area contributed by atoms with Crippen molar-refractivity contribution in [3.63, 3.8) is 0 Å². The van der Waals surface area contributed by atoms with Crippen LogP contribution in [-0.4, -0.2) is 11.0 Å². The highest BCUT2D eigenvalue weighted by atomic mass is 32.1. The summed E-state index contributed by atoms with van der Waals surface area (Å²) >= 11 is 2.04. The summed E-state index contributed by atoms with van der Waals surface area (Å²) in [5.74, 6) is 0.795. The van der Waals surface area contributed by atoms with E-state index in [-0.39, 0.29) is 5.54 Å². The maximum Gasteiger partial charge on any atom is 0.114 e. The second-order valence-electron chi connectivity index (χ2n) is 6.98. The normalized spacial score (nSPS) is 33.4. The molecule has 0 saturated heterocycles.